The molecule has 2 aromatic heterocycles. The highest BCUT2D eigenvalue weighted by atomic mass is 19.1. The fourth-order valence-electron chi connectivity index (χ4n) is 5.42. The summed E-state index contributed by atoms with van der Waals surface area (Å²) in [5, 5.41) is 18.1. The van der Waals surface area contributed by atoms with Crippen LogP contribution in [0.2, 0.25) is 0 Å². The monoisotopic (exact) mass is 481 g/mol. The van der Waals surface area contributed by atoms with Crippen molar-refractivity contribution in [3.8, 4) is 17.3 Å². The molecule has 2 aliphatic rings. The molecule has 2 fully saturated rings. The summed E-state index contributed by atoms with van der Waals surface area (Å²) in [4.78, 5) is 9.22. The Morgan fingerprint density at radius 3 is 2.78 bits per heavy atom. The molecule has 2 aliphatic heterocycles. The minimum Gasteiger partial charge on any atom is -0.348 e. The van der Waals surface area contributed by atoms with Crippen molar-refractivity contribution in [3.05, 3.63) is 83.3 Å². The van der Waals surface area contributed by atoms with Gasteiger partial charge in [-0.25, -0.2) is 13.9 Å². The summed E-state index contributed by atoms with van der Waals surface area (Å²) in [5.74, 6) is 0.639. The van der Waals surface area contributed by atoms with Gasteiger partial charge in [-0.1, -0.05) is 18.2 Å². The van der Waals surface area contributed by atoms with Crippen molar-refractivity contribution in [2.24, 2.45) is 0 Å². The highest BCUT2D eigenvalue weighted by Gasteiger charge is 2.28. The van der Waals surface area contributed by atoms with Crippen molar-refractivity contribution >= 4 is 11.5 Å². The van der Waals surface area contributed by atoms with Gasteiger partial charge in [0.2, 0.25) is 0 Å². The molecular weight excluding hydrogens is 453 g/mol. The number of imidazole rings is 1. The summed E-state index contributed by atoms with van der Waals surface area (Å²) in [6.45, 7) is 5.49. The third kappa shape index (κ3) is 4.32. The van der Waals surface area contributed by atoms with Gasteiger partial charge < -0.3 is 10.2 Å². The zero-order chi connectivity index (χ0) is 24.5. The lowest BCUT2D eigenvalue weighted by molar-refractivity contribution is 0.233. The number of aromatic nitrogens is 3. The van der Waals surface area contributed by atoms with E-state index in [-0.39, 0.29) is 11.9 Å². The van der Waals surface area contributed by atoms with Gasteiger partial charge in [0.15, 0.2) is 5.65 Å². The van der Waals surface area contributed by atoms with E-state index in [0.29, 0.717) is 5.56 Å². The maximum atomic E-state index is 13.9. The minimum atomic E-state index is -0.211. The number of piperazine rings is 1. The van der Waals surface area contributed by atoms with Crippen LogP contribution in [0.25, 0.3) is 16.9 Å². The normalized spacial score (nSPS) is 18.6. The van der Waals surface area contributed by atoms with Crippen molar-refractivity contribution in [1.29, 1.82) is 5.26 Å². The fourth-order valence-corrected chi connectivity index (χ4v) is 5.42. The van der Waals surface area contributed by atoms with Crippen molar-refractivity contribution in [2.75, 3.05) is 37.6 Å². The molecular formula is C28H28FN7. The minimum absolute atomic E-state index is 0.0955. The SMILES string of the molecule is N#Cc1ccc(-c2cnc3ccc(N4CCCC4c4cccc(F)c4)nn23)cc1CN1CCNCC1. The Labute approximate surface area is 209 Å². The number of nitrogens with one attached hydrogen (secondary N) is 1. The highest BCUT2D eigenvalue weighted by molar-refractivity contribution is 5.66. The van der Waals surface area contributed by atoms with Gasteiger partial charge in [-0.3, -0.25) is 4.90 Å². The fraction of sp³-hybridized carbons (Fsp3) is 0.321. The van der Waals surface area contributed by atoms with Crippen LogP contribution in [0.15, 0.2) is 60.8 Å². The maximum Gasteiger partial charge on any atom is 0.154 e. The molecule has 0 amide bonds. The molecule has 2 saturated heterocycles. The zero-order valence-electron chi connectivity index (χ0n) is 20.1. The number of fused-ring (bicyclic) bond motifs is 1. The summed E-state index contributed by atoms with van der Waals surface area (Å²) >= 11 is 0. The van der Waals surface area contributed by atoms with Gasteiger partial charge in [0, 0.05) is 44.8 Å². The molecule has 1 unspecified atom stereocenters. The predicted octanol–water partition coefficient (Wildman–Crippen LogP) is 4.15. The van der Waals surface area contributed by atoms with E-state index in [4.69, 9.17) is 5.10 Å². The van der Waals surface area contributed by atoms with E-state index >= 15 is 0 Å². The molecule has 0 spiro atoms. The Kier molecular flexibility index (Phi) is 6.09. The highest BCUT2D eigenvalue weighted by Crippen LogP contribution is 2.36. The number of rotatable bonds is 5. The molecule has 0 saturated carbocycles. The molecule has 182 valence electrons. The molecule has 4 heterocycles. The first-order chi connectivity index (χ1) is 17.7. The van der Waals surface area contributed by atoms with Crippen LogP contribution in [0.4, 0.5) is 10.2 Å². The first-order valence-electron chi connectivity index (χ1n) is 12.5. The number of hydrogen-bond donors (Lipinski definition) is 1. The zero-order valence-corrected chi connectivity index (χ0v) is 20.1. The molecule has 0 bridgehead atoms. The second kappa shape index (κ2) is 9.69. The third-order valence-electron chi connectivity index (χ3n) is 7.25. The number of nitriles is 1. The first-order valence-corrected chi connectivity index (χ1v) is 12.5. The van der Waals surface area contributed by atoms with Crippen LogP contribution in [-0.2, 0) is 6.54 Å². The summed E-state index contributed by atoms with van der Waals surface area (Å²) in [7, 11) is 0. The van der Waals surface area contributed by atoms with Crippen LogP contribution in [0.1, 0.15) is 35.6 Å². The number of anilines is 1. The number of halogens is 1. The molecule has 6 rings (SSSR count). The van der Waals surface area contributed by atoms with Crippen LogP contribution < -0.4 is 10.2 Å². The van der Waals surface area contributed by atoms with E-state index in [1.807, 2.05) is 41.0 Å². The molecule has 2 aromatic carbocycles. The lowest BCUT2D eigenvalue weighted by Gasteiger charge is -2.27. The smallest absolute Gasteiger partial charge is 0.154 e. The van der Waals surface area contributed by atoms with Gasteiger partial charge in [-0.2, -0.15) is 5.26 Å². The summed E-state index contributed by atoms with van der Waals surface area (Å²) < 4.78 is 15.8. The predicted molar refractivity (Wildman–Crippen MR) is 137 cm³/mol. The molecule has 8 heteroatoms. The number of nitrogens with zero attached hydrogens (tertiary/aromatic N) is 6. The second-order valence-corrected chi connectivity index (χ2v) is 9.52. The Morgan fingerprint density at radius 2 is 1.94 bits per heavy atom. The van der Waals surface area contributed by atoms with Crippen LogP contribution in [0, 0.1) is 17.1 Å². The van der Waals surface area contributed by atoms with Crippen molar-refractivity contribution in [2.45, 2.75) is 25.4 Å². The van der Waals surface area contributed by atoms with Crippen molar-refractivity contribution in [3.63, 3.8) is 0 Å². The maximum absolute atomic E-state index is 13.9. The number of benzene rings is 2. The van der Waals surface area contributed by atoms with E-state index in [1.54, 1.807) is 12.1 Å². The van der Waals surface area contributed by atoms with E-state index < -0.39 is 0 Å². The van der Waals surface area contributed by atoms with Gasteiger partial charge in [-0.15, -0.1) is 5.10 Å². The largest absolute Gasteiger partial charge is 0.348 e. The summed E-state index contributed by atoms with van der Waals surface area (Å²) in [6.07, 6.45) is 3.84. The molecule has 36 heavy (non-hydrogen) atoms. The van der Waals surface area contributed by atoms with Gasteiger partial charge in [0.05, 0.1) is 29.6 Å². The van der Waals surface area contributed by atoms with Gasteiger partial charge in [0.1, 0.15) is 11.6 Å². The average Bonchev–Trinajstić information content (AvgIpc) is 3.56. The van der Waals surface area contributed by atoms with Crippen molar-refractivity contribution < 1.29 is 4.39 Å². The summed E-state index contributed by atoms with van der Waals surface area (Å²) in [6, 6.07) is 19.3. The second-order valence-electron chi connectivity index (χ2n) is 9.52. The topological polar surface area (TPSA) is 72.5 Å². The van der Waals surface area contributed by atoms with Crippen LogP contribution >= 0.6 is 0 Å². The van der Waals surface area contributed by atoms with Gasteiger partial charge in [-0.05, 0) is 60.4 Å². The lowest BCUT2D eigenvalue weighted by Crippen LogP contribution is -2.43. The molecule has 0 radical (unpaired) electrons. The van der Waals surface area contributed by atoms with Crippen LogP contribution in [0.5, 0.6) is 0 Å². The number of hydrogen-bond acceptors (Lipinski definition) is 6. The van der Waals surface area contributed by atoms with E-state index in [1.165, 1.54) is 6.07 Å². The first kappa shape index (κ1) is 22.7. The standard InChI is InChI=1S/C28H28FN7/c29-24-4-1-3-20(16-24)25-5-2-12-35(25)28-9-8-27-32-18-26(36(27)33-28)21-6-7-22(17-30)23(15-21)19-34-13-10-31-11-14-34/h1,3-4,6-9,15-16,18,25,31H,2,5,10-14,19H2. The Balaban J connectivity index is 1.35. The van der Waals surface area contributed by atoms with E-state index in [2.05, 4.69) is 32.2 Å². The average molecular weight is 482 g/mol. The molecule has 1 N–H and O–H groups in total. The molecule has 7 nitrogen and oxygen atoms in total. The van der Waals surface area contributed by atoms with Gasteiger partial charge in [0.25, 0.3) is 0 Å². The van der Waals surface area contributed by atoms with E-state index in [9.17, 15) is 9.65 Å². The Bertz CT molecular complexity index is 1430. The molecule has 4 aromatic rings. The Hall–Kier alpha value is -3.80. The molecule has 1 atom stereocenters. The van der Waals surface area contributed by atoms with E-state index in [0.717, 1.165) is 86.0 Å². The lowest BCUT2D eigenvalue weighted by atomic mass is 10.0. The molecule has 0 aliphatic carbocycles. The van der Waals surface area contributed by atoms with Crippen LogP contribution in [-0.4, -0.2) is 52.2 Å². The summed E-state index contributed by atoms with van der Waals surface area (Å²) in [5.41, 5.74) is 5.34. The van der Waals surface area contributed by atoms with Gasteiger partial charge >= 0.3 is 0 Å². The third-order valence-corrected chi connectivity index (χ3v) is 7.25. The quantitative estimate of drug-likeness (QED) is 0.462. The van der Waals surface area contributed by atoms with Crippen LogP contribution in [0.3, 0.4) is 0 Å². The van der Waals surface area contributed by atoms with Crippen molar-refractivity contribution in [1.82, 2.24) is 24.8 Å². The Morgan fingerprint density at radius 1 is 1.06 bits per heavy atom.